The van der Waals surface area contributed by atoms with Gasteiger partial charge in [0, 0.05) is 11.1 Å². The number of hydrogen-bond donors (Lipinski definition) is 0. The number of fused-ring (bicyclic) bond motifs is 6. The van der Waals surface area contributed by atoms with Gasteiger partial charge in [0.1, 0.15) is 5.82 Å². The molecule has 9 aromatic carbocycles. The van der Waals surface area contributed by atoms with E-state index in [1.165, 1.54) is 27.1 Å². The molecule has 10 rings (SSSR count). The molecule has 228 valence electrons. The highest BCUT2D eigenvalue weighted by Gasteiger charge is 2.22. The van der Waals surface area contributed by atoms with Crippen molar-refractivity contribution in [3.63, 3.8) is 0 Å². The van der Waals surface area contributed by atoms with E-state index in [0.29, 0.717) is 5.52 Å². The van der Waals surface area contributed by atoms with Crippen LogP contribution in [-0.2, 0) is 0 Å². The maximum absolute atomic E-state index is 8.93. The number of aromatic nitrogens is 2. The molecule has 0 N–H and O–H groups in total. The molecule has 0 saturated heterocycles. The van der Waals surface area contributed by atoms with Gasteiger partial charge in [-0.2, -0.15) is 0 Å². The first-order chi connectivity index (χ1) is 26.4. The Bertz CT molecular complexity index is 3100. The smallest absolute Gasteiger partial charge is 0.145 e. The lowest BCUT2D eigenvalue weighted by molar-refractivity contribution is 1.10. The van der Waals surface area contributed by atoms with Crippen molar-refractivity contribution >= 4 is 54.1 Å². The minimum Gasteiger partial charge on any atom is -0.292 e. The van der Waals surface area contributed by atoms with E-state index in [0.717, 1.165) is 49.4 Å². The topological polar surface area (TPSA) is 17.8 Å². The number of hydrogen-bond acceptors (Lipinski definition) is 1. The number of nitrogens with zero attached hydrogens (tertiary/aromatic N) is 2. The van der Waals surface area contributed by atoms with Gasteiger partial charge in [0.05, 0.1) is 23.6 Å². The molecule has 10 aromatic rings. The Balaban J connectivity index is 1.33. The van der Waals surface area contributed by atoms with Crippen LogP contribution >= 0.6 is 0 Å². The van der Waals surface area contributed by atoms with Gasteiger partial charge in [-0.25, -0.2) is 4.98 Å². The summed E-state index contributed by atoms with van der Waals surface area (Å²) < 4.78 is 45.1. The van der Waals surface area contributed by atoms with Crippen LogP contribution in [0.5, 0.6) is 0 Å². The molecule has 0 unspecified atom stereocenters. The zero-order valence-electron chi connectivity index (χ0n) is 31.3. The van der Waals surface area contributed by atoms with Crippen molar-refractivity contribution in [1.82, 2.24) is 9.55 Å². The van der Waals surface area contributed by atoms with E-state index in [-0.39, 0.29) is 23.5 Å². The summed E-state index contributed by atoms with van der Waals surface area (Å²) in [5.41, 5.74) is 6.55. The van der Waals surface area contributed by atoms with E-state index in [4.69, 9.17) is 11.8 Å². The molecular weight excluding hydrogens is 593 g/mol. The third-order valence-corrected chi connectivity index (χ3v) is 9.67. The summed E-state index contributed by atoms with van der Waals surface area (Å²) in [5.74, 6) is 0.286. The largest absolute Gasteiger partial charge is 0.292 e. The van der Waals surface area contributed by atoms with Gasteiger partial charge in [-0.05, 0) is 84.0 Å². The van der Waals surface area contributed by atoms with Crippen molar-refractivity contribution in [2.24, 2.45) is 0 Å². The van der Waals surface area contributed by atoms with Crippen LogP contribution in [0.15, 0.2) is 182 Å². The molecule has 0 aliphatic rings. The van der Waals surface area contributed by atoms with E-state index in [1.807, 2.05) is 47.0 Å². The van der Waals surface area contributed by atoms with Crippen molar-refractivity contribution in [1.29, 1.82) is 0 Å². The van der Waals surface area contributed by atoms with Gasteiger partial charge in [0.2, 0.25) is 0 Å². The summed E-state index contributed by atoms with van der Waals surface area (Å²) in [6, 6.07) is 50.6. The Kier molecular flexibility index (Phi) is 5.16. The van der Waals surface area contributed by atoms with Gasteiger partial charge in [-0.3, -0.25) is 4.57 Å². The van der Waals surface area contributed by atoms with Crippen LogP contribution in [-0.4, -0.2) is 9.55 Å². The first kappa shape index (κ1) is 22.9. The SMILES string of the molecule is [2H]c1c([2H])c([2H])c(-c2nc3ccccc3n2-c2ccccc2-c2c3ccccc3c(-c3cc4ccccc4c4ccccc34)c3ccccc23)c([2H])c1[2H]. The Morgan fingerprint density at radius 3 is 1.69 bits per heavy atom. The fraction of sp³-hybridized carbons (Fsp3) is 0. The van der Waals surface area contributed by atoms with Crippen LogP contribution in [0.4, 0.5) is 0 Å². The normalized spacial score (nSPS) is 13.1. The average Bonchev–Trinajstić information content (AvgIpc) is 3.60. The molecule has 0 aliphatic carbocycles. The lowest BCUT2D eigenvalue weighted by Gasteiger charge is -2.21. The number of imidazole rings is 1. The van der Waals surface area contributed by atoms with Crippen LogP contribution in [0.3, 0.4) is 0 Å². The van der Waals surface area contributed by atoms with E-state index in [9.17, 15) is 0 Å². The Hall–Kier alpha value is -6.51. The molecule has 1 heterocycles. The zero-order chi connectivity index (χ0) is 36.7. The maximum atomic E-state index is 8.93. The van der Waals surface area contributed by atoms with Crippen molar-refractivity contribution < 1.29 is 6.85 Å². The second-order valence-electron chi connectivity index (χ2n) is 12.3. The van der Waals surface area contributed by atoms with E-state index < -0.39 is 18.1 Å². The monoisotopic (exact) mass is 627 g/mol. The minimum absolute atomic E-state index is 0.0558. The second-order valence-corrected chi connectivity index (χ2v) is 12.3. The summed E-state index contributed by atoms with van der Waals surface area (Å²) in [6.45, 7) is 0. The fourth-order valence-electron chi connectivity index (χ4n) is 7.65. The molecule has 0 amide bonds. The molecule has 0 spiro atoms. The molecule has 0 radical (unpaired) electrons. The van der Waals surface area contributed by atoms with Crippen molar-refractivity contribution in [2.45, 2.75) is 0 Å². The highest BCUT2D eigenvalue weighted by Crippen LogP contribution is 2.48. The zero-order valence-corrected chi connectivity index (χ0v) is 26.3. The van der Waals surface area contributed by atoms with Gasteiger partial charge < -0.3 is 0 Å². The molecule has 2 nitrogen and oxygen atoms in total. The Labute approximate surface area is 291 Å². The molecule has 0 bridgehead atoms. The predicted molar refractivity (Wildman–Crippen MR) is 207 cm³/mol. The molecule has 49 heavy (non-hydrogen) atoms. The van der Waals surface area contributed by atoms with Crippen LogP contribution in [0.25, 0.3) is 93.5 Å². The Morgan fingerprint density at radius 2 is 0.980 bits per heavy atom. The molecule has 2 heteroatoms. The van der Waals surface area contributed by atoms with Gasteiger partial charge in [-0.15, -0.1) is 0 Å². The lowest BCUT2D eigenvalue weighted by atomic mass is 9.83. The third kappa shape index (κ3) is 4.24. The van der Waals surface area contributed by atoms with Gasteiger partial charge in [0.25, 0.3) is 0 Å². The van der Waals surface area contributed by atoms with Crippen LogP contribution in [0.2, 0.25) is 0 Å². The summed E-state index contributed by atoms with van der Waals surface area (Å²) in [6.07, 6.45) is 0. The third-order valence-electron chi connectivity index (χ3n) is 9.67. The fourth-order valence-corrected chi connectivity index (χ4v) is 7.65. The van der Waals surface area contributed by atoms with Gasteiger partial charge >= 0.3 is 0 Å². The molecule has 0 fully saturated rings. The maximum Gasteiger partial charge on any atom is 0.145 e. The highest BCUT2D eigenvalue weighted by atomic mass is 15.1. The van der Waals surface area contributed by atoms with E-state index in [2.05, 4.69) is 109 Å². The number of benzene rings is 9. The Morgan fingerprint density at radius 1 is 0.449 bits per heavy atom. The van der Waals surface area contributed by atoms with E-state index >= 15 is 0 Å². The minimum atomic E-state index is -0.436. The van der Waals surface area contributed by atoms with Crippen molar-refractivity contribution in [3.8, 4) is 39.3 Å². The van der Waals surface area contributed by atoms with Crippen LogP contribution in [0.1, 0.15) is 6.85 Å². The standard InChI is InChI=1S/C47H30N2/c1-2-16-31(17-3-1)47-48-42-27-13-15-29-44(42)49(47)43-28-14-12-26-40(43)45-36-22-8-10-24-38(36)46(39-25-11-9-23-37(39)45)41-30-32-18-4-5-19-33(32)34-20-6-7-21-35(34)41/h1-30H/i1D,2D,3D,16D,17D. The van der Waals surface area contributed by atoms with Crippen LogP contribution in [0, 0.1) is 0 Å². The quantitative estimate of drug-likeness (QED) is 0.140. The predicted octanol–water partition coefficient (Wildman–Crippen LogP) is 12.6. The molecule has 0 saturated carbocycles. The van der Waals surface area contributed by atoms with Crippen molar-refractivity contribution in [2.75, 3.05) is 0 Å². The first-order valence-corrected chi connectivity index (χ1v) is 16.4. The van der Waals surface area contributed by atoms with Gasteiger partial charge in [-0.1, -0.05) is 158 Å². The summed E-state index contributed by atoms with van der Waals surface area (Å²) >= 11 is 0. The molecule has 1 aromatic heterocycles. The summed E-state index contributed by atoms with van der Waals surface area (Å²) in [5, 5.41) is 9.17. The highest BCUT2D eigenvalue weighted by molar-refractivity contribution is 6.26. The van der Waals surface area contributed by atoms with Gasteiger partial charge in [0.15, 0.2) is 0 Å². The molecule has 0 aliphatic heterocycles. The van der Waals surface area contributed by atoms with E-state index in [1.54, 1.807) is 0 Å². The number of rotatable bonds is 4. The first-order valence-electron chi connectivity index (χ1n) is 18.9. The summed E-state index contributed by atoms with van der Waals surface area (Å²) in [7, 11) is 0. The summed E-state index contributed by atoms with van der Waals surface area (Å²) in [4.78, 5) is 4.95. The van der Waals surface area contributed by atoms with Crippen LogP contribution < -0.4 is 0 Å². The van der Waals surface area contributed by atoms with Crippen molar-refractivity contribution in [3.05, 3.63) is 182 Å². The molecular formula is C47H30N2. The lowest BCUT2D eigenvalue weighted by Crippen LogP contribution is -2.01. The average molecular weight is 628 g/mol. The molecule has 0 atom stereocenters. The second kappa shape index (κ2) is 11.0. The number of para-hydroxylation sites is 3.